The summed E-state index contributed by atoms with van der Waals surface area (Å²) in [4.78, 5) is 10.9. The van der Waals surface area contributed by atoms with Crippen LogP contribution < -0.4 is 5.19 Å². The zero-order chi connectivity index (χ0) is 11.3. The van der Waals surface area contributed by atoms with Crippen molar-refractivity contribution in [2.75, 3.05) is 0 Å². The van der Waals surface area contributed by atoms with Crippen LogP contribution in [-0.2, 0) is 16.1 Å². The van der Waals surface area contributed by atoms with E-state index in [1.54, 1.807) is 0 Å². The van der Waals surface area contributed by atoms with E-state index in [9.17, 15) is 4.79 Å². The maximum atomic E-state index is 10.9. The van der Waals surface area contributed by atoms with Crippen LogP contribution in [0.2, 0.25) is 13.1 Å². The van der Waals surface area contributed by atoms with Gasteiger partial charge >= 0.3 is 5.97 Å². The molecular weight excluding hydrogens is 204 g/mol. The molecule has 0 N–H and O–H groups in total. The van der Waals surface area contributed by atoms with Gasteiger partial charge in [-0.3, -0.25) is 0 Å². The number of esters is 1. The van der Waals surface area contributed by atoms with Gasteiger partial charge in [-0.1, -0.05) is 49.1 Å². The zero-order valence-electron chi connectivity index (χ0n) is 9.12. The molecule has 0 saturated carbocycles. The van der Waals surface area contributed by atoms with Gasteiger partial charge in [0.2, 0.25) is 0 Å². The molecular formula is C12H15O2Si. The summed E-state index contributed by atoms with van der Waals surface area (Å²) in [6, 6.07) is 8.09. The van der Waals surface area contributed by atoms with Crippen LogP contribution in [0.3, 0.4) is 0 Å². The van der Waals surface area contributed by atoms with Gasteiger partial charge in [0.1, 0.15) is 6.61 Å². The molecule has 1 aromatic carbocycles. The summed E-state index contributed by atoms with van der Waals surface area (Å²) in [6.45, 7) is 8.15. The molecule has 0 aliphatic heterocycles. The zero-order valence-corrected chi connectivity index (χ0v) is 10.1. The largest absolute Gasteiger partial charge is 0.458 e. The lowest BCUT2D eigenvalue weighted by Crippen LogP contribution is -2.27. The molecule has 1 radical (unpaired) electrons. The Labute approximate surface area is 92.2 Å². The van der Waals surface area contributed by atoms with Crippen LogP contribution in [-0.4, -0.2) is 14.8 Å². The lowest BCUT2D eigenvalue weighted by atomic mass is 10.2. The highest BCUT2D eigenvalue weighted by atomic mass is 28.3. The highest BCUT2D eigenvalue weighted by molar-refractivity contribution is 6.71. The van der Waals surface area contributed by atoms with Gasteiger partial charge in [-0.15, -0.1) is 0 Å². The summed E-state index contributed by atoms with van der Waals surface area (Å²) in [5.74, 6) is -0.370. The topological polar surface area (TPSA) is 26.3 Å². The van der Waals surface area contributed by atoms with Crippen LogP contribution in [0.25, 0.3) is 0 Å². The standard InChI is InChI=1S/C12H15O2Si/c1-4-12(13)14-9-10-7-5-6-8-11(10)15(2)3/h4-8H,1,9H2,2-3H3. The SMILES string of the molecule is C=CC(=O)OCc1ccccc1[Si](C)C. The maximum Gasteiger partial charge on any atom is 0.330 e. The molecule has 2 nitrogen and oxygen atoms in total. The van der Waals surface area contributed by atoms with Crippen molar-refractivity contribution in [1.82, 2.24) is 0 Å². The minimum Gasteiger partial charge on any atom is -0.458 e. The van der Waals surface area contributed by atoms with Crippen LogP contribution in [0.1, 0.15) is 5.56 Å². The highest BCUT2D eigenvalue weighted by Crippen LogP contribution is 2.01. The van der Waals surface area contributed by atoms with Crippen molar-refractivity contribution >= 4 is 20.0 Å². The molecule has 0 saturated heterocycles. The Morgan fingerprint density at radius 2 is 2.13 bits per heavy atom. The second-order valence-electron chi connectivity index (χ2n) is 3.47. The third-order valence-electron chi connectivity index (χ3n) is 2.09. The number of rotatable bonds is 4. The Hall–Kier alpha value is -1.35. The van der Waals surface area contributed by atoms with E-state index in [1.807, 2.05) is 18.2 Å². The molecule has 0 unspecified atom stereocenters. The van der Waals surface area contributed by atoms with Gasteiger partial charge in [0.25, 0.3) is 0 Å². The number of carbonyl (C=O) groups excluding carboxylic acids is 1. The van der Waals surface area contributed by atoms with Gasteiger partial charge < -0.3 is 4.74 Å². The first-order valence-corrected chi connectivity index (χ1v) is 7.32. The monoisotopic (exact) mass is 219 g/mol. The minimum absolute atomic E-state index is 0.344. The Morgan fingerprint density at radius 1 is 1.47 bits per heavy atom. The fraction of sp³-hybridized carbons (Fsp3) is 0.250. The van der Waals surface area contributed by atoms with Crippen molar-refractivity contribution in [2.45, 2.75) is 19.7 Å². The molecule has 3 heteroatoms. The fourth-order valence-corrected chi connectivity index (χ4v) is 2.57. The molecule has 0 spiro atoms. The summed E-state index contributed by atoms with van der Waals surface area (Å²) in [5.41, 5.74) is 1.10. The number of hydrogen-bond donors (Lipinski definition) is 0. The van der Waals surface area contributed by atoms with Gasteiger partial charge in [-0.25, -0.2) is 4.79 Å². The average Bonchev–Trinajstić information content (AvgIpc) is 2.26. The van der Waals surface area contributed by atoms with E-state index in [2.05, 4.69) is 25.7 Å². The smallest absolute Gasteiger partial charge is 0.330 e. The molecule has 0 aromatic heterocycles. The second kappa shape index (κ2) is 5.51. The summed E-state index contributed by atoms with van der Waals surface area (Å²) < 4.78 is 5.03. The van der Waals surface area contributed by atoms with E-state index in [-0.39, 0.29) is 5.97 Å². The maximum absolute atomic E-state index is 10.9. The normalized spacial score (nSPS) is 10.1. The molecule has 0 aliphatic carbocycles. The molecule has 0 bridgehead atoms. The van der Waals surface area contributed by atoms with E-state index >= 15 is 0 Å². The van der Waals surface area contributed by atoms with E-state index in [0.29, 0.717) is 6.61 Å². The predicted molar refractivity (Wildman–Crippen MR) is 63.6 cm³/mol. The third-order valence-corrected chi connectivity index (χ3v) is 3.66. The molecule has 79 valence electrons. The van der Waals surface area contributed by atoms with Gasteiger partial charge in [0, 0.05) is 6.08 Å². The molecule has 15 heavy (non-hydrogen) atoms. The summed E-state index contributed by atoms with van der Waals surface area (Å²) >= 11 is 0. The van der Waals surface area contributed by atoms with Crippen molar-refractivity contribution in [1.29, 1.82) is 0 Å². The summed E-state index contributed by atoms with van der Waals surface area (Å²) in [5, 5.41) is 1.32. The Kier molecular flexibility index (Phi) is 4.30. The number of carbonyl (C=O) groups is 1. The van der Waals surface area contributed by atoms with E-state index in [4.69, 9.17) is 4.74 Å². The highest BCUT2D eigenvalue weighted by Gasteiger charge is 2.07. The van der Waals surface area contributed by atoms with Crippen LogP contribution in [0.15, 0.2) is 36.9 Å². The summed E-state index contributed by atoms with van der Waals surface area (Å²) in [6.07, 6.45) is 1.19. The molecule has 0 amide bonds. The van der Waals surface area contributed by atoms with Crippen molar-refractivity contribution in [3.63, 3.8) is 0 Å². The molecule has 1 aromatic rings. The predicted octanol–water partition coefficient (Wildman–Crippen LogP) is 1.88. The third kappa shape index (κ3) is 3.36. The summed E-state index contributed by atoms with van der Waals surface area (Å²) in [7, 11) is -0.513. The number of hydrogen-bond acceptors (Lipinski definition) is 2. The van der Waals surface area contributed by atoms with Crippen LogP contribution in [0, 0.1) is 0 Å². The van der Waals surface area contributed by atoms with E-state index < -0.39 is 8.80 Å². The fourth-order valence-electron chi connectivity index (χ4n) is 1.34. The molecule has 0 atom stereocenters. The number of ether oxygens (including phenoxy) is 1. The lowest BCUT2D eigenvalue weighted by molar-refractivity contribution is -0.138. The van der Waals surface area contributed by atoms with Gasteiger partial charge in [0.15, 0.2) is 0 Å². The Morgan fingerprint density at radius 3 is 2.73 bits per heavy atom. The lowest BCUT2D eigenvalue weighted by Gasteiger charge is -2.11. The first kappa shape index (κ1) is 11.7. The number of benzene rings is 1. The van der Waals surface area contributed by atoms with E-state index in [1.165, 1.54) is 11.3 Å². The quantitative estimate of drug-likeness (QED) is 0.439. The van der Waals surface area contributed by atoms with Gasteiger partial charge in [-0.05, 0) is 5.56 Å². The first-order valence-electron chi connectivity index (χ1n) is 4.82. The van der Waals surface area contributed by atoms with Crippen molar-refractivity contribution < 1.29 is 9.53 Å². The Balaban J connectivity index is 2.75. The van der Waals surface area contributed by atoms with Crippen LogP contribution >= 0.6 is 0 Å². The minimum atomic E-state index is -0.513. The van der Waals surface area contributed by atoms with Gasteiger partial charge in [-0.2, -0.15) is 0 Å². The molecule has 0 aliphatic rings. The molecule has 1 rings (SSSR count). The first-order chi connectivity index (χ1) is 7.15. The average molecular weight is 219 g/mol. The van der Waals surface area contributed by atoms with Crippen LogP contribution in [0.5, 0.6) is 0 Å². The second-order valence-corrected chi connectivity index (χ2v) is 6.01. The van der Waals surface area contributed by atoms with Crippen molar-refractivity contribution in [3.05, 3.63) is 42.5 Å². The van der Waals surface area contributed by atoms with Crippen molar-refractivity contribution in [3.8, 4) is 0 Å². The van der Waals surface area contributed by atoms with E-state index in [0.717, 1.165) is 5.56 Å². The van der Waals surface area contributed by atoms with Gasteiger partial charge in [0.05, 0.1) is 8.80 Å². The van der Waals surface area contributed by atoms with Crippen molar-refractivity contribution in [2.24, 2.45) is 0 Å². The Bertz CT molecular complexity index is 358. The molecule has 0 heterocycles. The van der Waals surface area contributed by atoms with Crippen LogP contribution in [0.4, 0.5) is 0 Å². The molecule has 0 fully saturated rings.